The summed E-state index contributed by atoms with van der Waals surface area (Å²) in [6.07, 6.45) is 0. The minimum absolute atomic E-state index is 0.122. The molecule has 0 spiro atoms. The van der Waals surface area contributed by atoms with Gasteiger partial charge in [-0.3, -0.25) is 19.7 Å². The third kappa shape index (κ3) is 3.79. The van der Waals surface area contributed by atoms with Crippen molar-refractivity contribution in [3.8, 4) is 0 Å². The van der Waals surface area contributed by atoms with Gasteiger partial charge in [0.05, 0.1) is 6.54 Å². The Labute approximate surface area is 122 Å². The van der Waals surface area contributed by atoms with E-state index in [1.165, 1.54) is 4.90 Å². The van der Waals surface area contributed by atoms with E-state index in [0.717, 1.165) is 0 Å². The van der Waals surface area contributed by atoms with Crippen molar-refractivity contribution in [2.45, 2.75) is 6.04 Å². The van der Waals surface area contributed by atoms with Crippen molar-refractivity contribution in [2.75, 3.05) is 32.5 Å². The molecule has 0 aliphatic carbocycles. The van der Waals surface area contributed by atoms with Crippen LogP contribution < -0.4 is 16.0 Å². The second kappa shape index (κ2) is 6.36. The summed E-state index contributed by atoms with van der Waals surface area (Å²) in [5, 5.41) is 8.20. The smallest absolute Gasteiger partial charge is 0.253 e. The van der Waals surface area contributed by atoms with Crippen LogP contribution in [0.5, 0.6) is 0 Å². The Hall–Kier alpha value is -2.41. The van der Waals surface area contributed by atoms with Gasteiger partial charge in [0.2, 0.25) is 11.8 Å². The Kier molecular flexibility index (Phi) is 4.54. The molecule has 1 aromatic rings. The standard InChI is InChI=1S/C14H18N4O3/c1-18(2)14(21)9-4-3-5-10(6-9)17-13(20)11-7-16-12(19)8-15-11/h3-6,11,15H,7-8H2,1-2H3,(H,16,19)(H,17,20). The minimum Gasteiger partial charge on any atom is -0.353 e. The van der Waals surface area contributed by atoms with Crippen molar-refractivity contribution in [3.63, 3.8) is 0 Å². The molecule has 1 heterocycles. The number of anilines is 1. The van der Waals surface area contributed by atoms with Crippen LogP contribution in [-0.4, -0.2) is 55.8 Å². The molecule has 1 unspecified atom stereocenters. The summed E-state index contributed by atoms with van der Waals surface area (Å²) in [5.41, 5.74) is 1.05. The summed E-state index contributed by atoms with van der Waals surface area (Å²) < 4.78 is 0. The van der Waals surface area contributed by atoms with E-state index >= 15 is 0 Å². The summed E-state index contributed by atoms with van der Waals surface area (Å²) in [7, 11) is 3.34. The summed E-state index contributed by atoms with van der Waals surface area (Å²) in [5.74, 6) is -0.503. The van der Waals surface area contributed by atoms with Crippen LogP contribution >= 0.6 is 0 Å². The molecule has 0 radical (unpaired) electrons. The highest BCUT2D eigenvalue weighted by atomic mass is 16.2. The maximum atomic E-state index is 12.1. The minimum atomic E-state index is -0.476. The number of piperazine rings is 1. The van der Waals surface area contributed by atoms with Crippen molar-refractivity contribution in [3.05, 3.63) is 29.8 Å². The summed E-state index contributed by atoms with van der Waals surface area (Å²) in [6.45, 7) is 0.373. The van der Waals surface area contributed by atoms with Crippen molar-refractivity contribution < 1.29 is 14.4 Å². The van der Waals surface area contributed by atoms with Crippen LogP contribution in [0.3, 0.4) is 0 Å². The van der Waals surface area contributed by atoms with Crippen LogP contribution in [0.25, 0.3) is 0 Å². The molecular weight excluding hydrogens is 272 g/mol. The molecule has 1 aliphatic heterocycles. The van der Waals surface area contributed by atoms with Gasteiger partial charge < -0.3 is 15.5 Å². The van der Waals surface area contributed by atoms with Crippen molar-refractivity contribution in [1.29, 1.82) is 0 Å². The molecule has 7 heteroatoms. The molecule has 1 aromatic carbocycles. The molecule has 0 saturated carbocycles. The number of amides is 3. The highest BCUT2D eigenvalue weighted by molar-refractivity contribution is 5.99. The zero-order chi connectivity index (χ0) is 15.4. The first-order valence-corrected chi connectivity index (χ1v) is 6.60. The molecule has 3 N–H and O–H groups in total. The average Bonchev–Trinajstić information content (AvgIpc) is 2.47. The van der Waals surface area contributed by atoms with Gasteiger partial charge in [-0.1, -0.05) is 6.07 Å². The van der Waals surface area contributed by atoms with Crippen molar-refractivity contribution in [1.82, 2.24) is 15.5 Å². The maximum absolute atomic E-state index is 12.1. The highest BCUT2D eigenvalue weighted by Gasteiger charge is 2.23. The summed E-state index contributed by atoms with van der Waals surface area (Å²) in [6, 6.07) is 6.27. The van der Waals surface area contributed by atoms with Gasteiger partial charge in [0.25, 0.3) is 5.91 Å². The van der Waals surface area contributed by atoms with Crippen LogP contribution in [-0.2, 0) is 9.59 Å². The number of hydrogen-bond acceptors (Lipinski definition) is 4. The van der Waals surface area contributed by atoms with Gasteiger partial charge in [0, 0.05) is 31.9 Å². The van der Waals surface area contributed by atoms with E-state index < -0.39 is 6.04 Å². The fraction of sp³-hybridized carbons (Fsp3) is 0.357. The Morgan fingerprint density at radius 3 is 2.71 bits per heavy atom. The first kappa shape index (κ1) is 15.0. The molecule has 2 rings (SSSR count). The van der Waals surface area contributed by atoms with E-state index in [1.54, 1.807) is 38.4 Å². The van der Waals surface area contributed by atoms with Gasteiger partial charge in [-0.05, 0) is 18.2 Å². The normalized spacial score (nSPS) is 17.8. The number of rotatable bonds is 3. The molecule has 1 aliphatic rings. The third-order valence-corrected chi connectivity index (χ3v) is 3.11. The van der Waals surface area contributed by atoms with Gasteiger partial charge in [0.1, 0.15) is 6.04 Å². The SMILES string of the molecule is CN(C)C(=O)c1cccc(NC(=O)C2CNC(=O)CN2)c1. The van der Waals surface area contributed by atoms with Gasteiger partial charge in [-0.15, -0.1) is 0 Å². The van der Waals surface area contributed by atoms with E-state index in [0.29, 0.717) is 11.3 Å². The van der Waals surface area contributed by atoms with Gasteiger partial charge in [-0.2, -0.15) is 0 Å². The number of benzene rings is 1. The molecule has 1 fully saturated rings. The Morgan fingerprint density at radius 1 is 1.33 bits per heavy atom. The number of carbonyl (C=O) groups excluding carboxylic acids is 3. The molecule has 0 bridgehead atoms. The van der Waals surface area contributed by atoms with Crippen LogP contribution in [0.15, 0.2) is 24.3 Å². The van der Waals surface area contributed by atoms with Crippen molar-refractivity contribution >= 4 is 23.4 Å². The first-order chi connectivity index (χ1) is 9.97. The van der Waals surface area contributed by atoms with Crippen molar-refractivity contribution in [2.24, 2.45) is 0 Å². The van der Waals surface area contributed by atoms with Gasteiger partial charge >= 0.3 is 0 Å². The zero-order valence-corrected chi connectivity index (χ0v) is 12.0. The van der Waals surface area contributed by atoms with E-state index in [2.05, 4.69) is 16.0 Å². The monoisotopic (exact) mass is 290 g/mol. The first-order valence-electron chi connectivity index (χ1n) is 6.60. The third-order valence-electron chi connectivity index (χ3n) is 3.11. The molecule has 21 heavy (non-hydrogen) atoms. The second-order valence-electron chi connectivity index (χ2n) is 5.01. The van der Waals surface area contributed by atoms with E-state index in [4.69, 9.17) is 0 Å². The topological polar surface area (TPSA) is 90.5 Å². The largest absolute Gasteiger partial charge is 0.353 e. The average molecular weight is 290 g/mol. The van der Waals surface area contributed by atoms with Gasteiger partial charge in [-0.25, -0.2) is 0 Å². The van der Waals surface area contributed by atoms with Crippen LogP contribution in [0.1, 0.15) is 10.4 Å². The fourth-order valence-corrected chi connectivity index (χ4v) is 1.97. The lowest BCUT2D eigenvalue weighted by Gasteiger charge is -2.23. The molecule has 112 valence electrons. The predicted octanol–water partition coefficient (Wildman–Crippen LogP) is -0.585. The van der Waals surface area contributed by atoms with E-state index in [1.807, 2.05) is 0 Å². The number of nitrogens with one attached hydrogen (secondary N) is 3. The Balaban J connectivity index is 2.02. The lowest BCUT2D eigenvalue weighted by molar-refractivity contribution is -0.124. The molecular formula is C14H18N4O3. The van der Waals surface area contributed by atoms with Gasteiger partial charge in [0.15, 0.2) is 0 Å². The zero-order valence-electron chi connectivity index (χ0n) is 12.0. The maximum Gasteiger partial charge on any atom is 0.253 e. The molecule has 3 amide bonds. The van der Waals surface area contributed by atoms with E-state index in [-0.39, 0.29) is 30.8 Å². The second-order valence-corrected chi connectivity index (χ2v) is 5.01. The molecule has 1 atom stereocenters. The number of hydrogen-bond donors (Lipinski definition) is 3. The Morgan fingerprint density at radius 2 is 2.10 bits per heavy atom. The predicted molar refractivity (Wildman–Crippen MR) is 77.9 cm³/mol. The summed E-state index contributed by atoms with van der Waals surface area (Å²) in [4.78, 5) is 36.4. The quantitative estimate of drug-likeness (QED) is 0.694. The molecule has 7 nitrogen and oxygen atoms in total. The lowest BCUT2D eigenvalue weighted by atomic mass is 10.1. The number of nitrogens with zero attached hydrogens (tertiary/aromatic N) is 1. The van der Waals surface area contributed by atoms with E-state index in [9.17, 15) is 14.4 Å². The Bertz CT molecular complexity index is 561. The van der Waals surface area contributed by atoms with Crippen LogP contribution in [0.2, 0.25) is 0 Å². The highest BCUT2D eigenvalue weighted by Crippen LogP contribution is 2.12. The lowest BCUT2D eigenvalue weighted by Crippen LogP contribution is -2.56. The van der Waals surface area contributed by atoms with Crippen LogP contribution in [0.4, 0.5) is 5.69 Å². The molecule has 1 saturated heterocycles. The van der Waals surface area contributed by atoms with Crippen LogP contribution in [0, 0.1) is 0 Å². The summed E-state index contributed by atoms with van der Waals surface area (Å²) >= 11 is 0. The molecule has 0 aromatic heterocycles. The fourth-order valence-electron chi connectivity index (χ4n) is 1.97. The number of carbonyl (C=O) groups is 3.